The summed E-state index contributed by atoms with van der Waals surface area (Å²) in [4.78, 5) is 26.1. The quantitative estimate of drug-likeness (QED) is 0.320. The number of rotatable bonds is 5. The van der Waals surface area contributed by atoms with Crippen LogP contribution in [-0.2, 0) is 16.2 Å². The van der Waals surface area contributed by atoms with Gasteiger partial charge in [0.15, 0.2) is 0 Å². The molecule has 5 aliphatic rings. The van der Waals surface area contributed by atoms with Crippen molar-refractivity contribution >= 4 is 28.8 Å². The lowest BCUT2D eigenvalue weighted by molar-refractivity contribution is -0.140. The van der Waals surface area contributed by atoms with Gasteiger partial charge in [0, 0.05) is 0 Å². The number of benzene rings is 3. The van der Waals surface area contributed by atoms with Gasteiger partial charge in [-0.15, -0.1) is 0 Å². The minimum atomic E-state index is -0.215. The molecule has 1 aliphatic heterocycles. The molecule has 1 heterocycles. The van der Waals surface area contributed by atoms with Gasteiger partial charge in [-0.2, -0.15) is 10.1 Å². The zero-order valence-corrected chi connectivity index (χ0v) is 18.6. The molecule has 0 N–H and O–H groups in total. The fraction of sp³-hybridized carbons (Fsp3) is 0.276. The average Bonchev–Trinajstić information content (AvgIpc) is 3.66. The first-order valence-electron chi connectivity index (χ1n) is 12.0. The number of amides is 2. The first-order chi connectivity index (χ1) is 16.7. The lowest BCUT2D eigenvalue weighted by atomic mass is 9.63. The second kappa shape index (κ2) is 7.39. The van der Waals surface area contributed by atoms with E-state index in [4.69, 9.17) is 4.74 Å². The molecule has 34 heavy (non-hydrogen) atoms. The van der Waals surface area contributed by atoms with Crippen molar-refractivity contribution in [1.29, 1.82) is 0 Å². The van der Waals surface area contributed by atoms with Gasteiger partial charge in [-0.3, -0.25) is 9.59 Å². The summed E-state index contributed by atoms with van der Waals surface area (Å²) in [6, 6.07) is 22.1. The highest BCUT2D eigenvalue weighted by atomic mass is 16.5. The largest absolute Gasteiger partial charge is 0.489 e. The van der Waals surface area contributed by atoms with Crippen molar-refractivity contribution in [3.8, 4) is 5.75 Å². The van der Waals surface area contributed by atoms with Crippen LogP contribution in [0.25, 0.3) is 10.8 Å². The Kier molecular flexibility index (Phi) is 4.28. The van der Waals surface area contributed by atoms with E-state index in [1.165, 1.54) is 10.8 Å². The summed E-state index contributed by atoms with van der Waals surface area (Å²) in [6.45, 7) is 0.479. The number of hydrogen-bond donors (Lipinski definition) is 0. The molecule has 4 aliphatic carbocycles. The van der Waals surface area contributed by atoms with E-state index < -0.39 is 0 Å². The van der Waals surface area contributed by atoms with E-state index in [1.807, 2.05) is 42.5 Å². The lowest BCUT2D eigenvalue weighted by Gasteiger charge is -2.37. The minimum absolute atomic E-state index is 0.133. The summed E-state index contributed by atoms with van der Waals surface area (Å²) in [7, 11) is 0. The first kappa shape index (κ1) is 19.7. The highest BCUT2D eigenvalue weighted by Crippen LogP contribution is 2.65. The number of fused-ring (bicyclic) bond motifs is 1. The molecule has 3 aromatic rings. The van der Waals surface area contributed by atoms with Crippen LogP contribution >= 0.6 is 0 Å². The molecule has 3 fully saturated rings. The predicted octanol–water partition coefficient (Wildman–Crippen LogP) is 4.81. The highest BCUT2D eigenvalue weighted by molar-refractivity contribution is 6.06. The fourth-order valence-corrected chi connectivity index (χ4v) is 6.41. The van der Waals surface area contributed by atoms with Crippen molar-refractivity contribution in [2.24, 2.45) is 40.6 Å². The van der Waals surface area contributed by atoms with Gasteiger partial charge in [0.25, 0.3) is 11.8 Å². The molecule has 2 saturated carbocycles. The summed E-state index contributed by atoms with van der Waals surface area (Å²) < 4.78 is 6.01. The number of nitrogens with zero attached hydrogens (tertiary/aromatic N) is 2. The fourth-order valence-electron chi connectivity index (χ4n) is 6.41. The Balaban J connectivity index is 1.04. The van der Waals surface area contributed by atoms with Crippen molar-refractivity contribution in [3.05, 3.63) is 90.0 Å². The van der Waals surface area contributed by atoms with Gasteiger partial charge in [-0.25, -0.2) is 0 Å². The van der Waals surface area contributed by atoms with Gasteiger partial charge in [0.1, 0.15) is 12.4 Å². The summed E-state index contributed by atoms with van der Waals surface area (Å²) in [5.74, 6) is 1.69. The molecule has 3 aromatic carbocycles. The van der Waals surface area contributed by atoms with E-state index in [1.54, 1.807) is 6.21 Å². The van der Waals surface area contributed by atoms with Crippen LogP contribution in [0.2, 0.25) is 0 Å². The van der Waals surface area contributed by atoms with E-state index >= 15 is 0 Å². The third kappa shape index (κ3) is 2.96. The third-order valence-corrected chi connectivity index (χ3v) is 8.12. The van der Waals surface area contributed by atoms with Crippen LogP contribution in [0.1, 0.15) is 17.5 Å². The Bertz CT molecular complexity index is 1330. The van der Waals surface area contributed by atoms with Gasteiger partial charge >= 0.3 is 0 Å². The van der Waals surface area contributed by atoms with Crippen LogP contribution < -0.4 is 4.74 Å². The molecule has 0 unspecified atom stereocenters. The van der Waals surface area contributed by atoms with Gasteiger partial charge in [-0.05, 0) is 76.3 Å². The molecular formula is C29H24N2O3. The summed E-state index contributed by atoms with van der Waals surface area (Å²) in [6.07, 6.45) is 7.11. The topological polar surface area (TPSA) is 59.0 Å². The van der Waals surface area contributed by atoms with Gasteiger partial charge < -0.3 is 4.74 Å². The second-order valence-corrected chi connectivity index (χ2v) is 9.88. The number of carbonyl (C=O) groups is 2. The monoisotopic (exact) mass is 448 g/mol. The van der Waals surface area contributed by atoms with Crippen molar-refractivity contribution in [3.63, 3.8) is 0 Å². The van der Waals surface area contributed by atoms with Crippen molar-refractivity contribution < 1.29 is 14.3 Å². The van der Waals surface area contributed by atoms with Crippen LogP contribution in [0.15, 0.2) is 84.0 Å². The van der Waals surface area contributed by atoms with Crippen molar-refractivity contribution in [1.82, 2.24) is 5.01 Å². The zero-order valence-electron chi connectivity index (χ0n) is 18.6. The molecule has 8 rings (SSSR count). The third-order valence-electron chi connectivity index (χ3n) is 8.12. The maximum atomic E-state index is 13.0. The lowest BCUT2D eigenvalue weighted by Crippen LogP contribution is -2.40. The van der Waals surface area contributed by atoms with Crippen molar-refractivity contribution in [2.75, 3.05) is 0 Å². The van der Waals surface area contributed by atoms with E-state index in [9.17, 15) is 9.59 Å². The maximum Gasteiger partial charge on any atom is 0.254 e. The van der Waals surface area contributed by atoms with Crippen LogP contribution in [0.5, 0.6) is 5.75 Å². The van der Waals surface area contributed by atoms with Gasteiger partial charge in [0.05, 0.1) is 18.1 Å². The van der Waals surface area contributed by atoms with E-state index in [0.29, 0.717) is 18.4 Å². The first-order valence-corrected chi connectivity index (χ1v) is 12.0. The van der Waals surface area contributed by atoms with E-state index in [0.717, 1.165) is 28.3 Å². The number of carbonyl (C=O) groups excluding carboxylic acids is 2. The Labute approximate surface area is 197 Å². The molecule has 0 aromatic heterocycles. The predicted molar refractivity (Wildman–Crippen MR) is 129 cm³/mol. The van der Waals surface area contributed by atoms with Crippen molar-refractivity contribution in [2.45, 2.75) is 13.0 Å². The molecule has 6 atom stereocenters. The normalized spacial score (nSPS) is 30.8. The van der Waals surface area contributed by atoms with E-state index in [2.05, 4.69) is 41.5 Å². The Morgan fingerprint density at radius 2 is 1.53 bits per heavy atom. The summed E-state index contributed by atoms with van der Waals surface area (Å²) in [5, 5.41) is 7.82. The Morgan fingerprint density at radius 1 is 0.853 bits per heavy atom. The van der Waals surface area contributed by atoms with Crippen LogP contribution in [-0.4, -0.2) is 23.0 Å². The van der Waals surface area contributed by atoms with Gasteiger partial charge in [-0.1, -0.05) is 54.6 Å². The number of allylic oxidation sites excluding steroid dienone is 2. The number of hydrazone groups is 1. The molecular weight excluding hydrogens is 424 g/mol. The van der Waals surface area contributed by atoms with Crippen LogP contribution in [0.3, 0.4) is 0 Å². The number of imide groups is 1. The number of ether oxygens (including phenoxy) is 1. The van der Waals surface area contributed by atoms with Crippen LogP contribution in [0.4, 0.5) is 0 Å². The van der Waals surface area contributed by atoms with Gasteiger partial charge in [0.2, 0.25) is 0 Å². The standard InChI is InChI=1S/C29H24N2O3/c32-28-26-22-12-13-23(25-14-24(22)25)27(26)29(33)31(28)30-15-17-8-10-20(11-9-17)34-16-19-6-3-5-18-4-1-2-7-21(18)19/h1-13,15,22-27H,14,16H2/t22-,23-,24-,25-,26+,27+/m0/s1. The molecule has 1 saturated heterocycles. The van der Waals surface area contributed by atoms with E-state index in [-0.39, 0.29) is 35.5 Å². The molecule has 5 nitrogen and oxygen atoms in total. The molecule has 2 bridgehead atoms. The molecule has 168 valence electrons. The smallest absolute Gasteiger partial charge is 0.254 e. The molecule has 0 spiro atoms. The minimum Gasteiger partial charge on any atom is -0.489 e. The molecule has 0 radical (unpaired) electrons. The Hall–Kier alpha value is -3.73. The SMILES string of the molecule is O=C1[C@@H]2[C@H]3C=C[C@@H]([C@@H]4C[C@@H]34)[C@H]2C(=O)N1N=Cc1ccc(OCc2cccc3ccccc23)cc1. The average molecular weight is 449 g/mol. The number of hydrogen-bond acceptors (Lipinski definition) is 4. The highest BCUT2D eigenvalue weighted by Gasteiger charge is 2.67. The Morgan fingerprint density at radius 3 is 2.26 bits per heavy atom. The maximum absolute atomic E-state index is 13.0. The zero-order chi connectivity index (χ0) is 22.8. The molecule has 5 heteroatoms. The summed E-state index contributed by atoms with van der Waals surface area (Å²) in [5.41, 5.74) is 1.95. The molecule has 2 amide bonds. The second-order valence-electron chi connectivity index (χ2n) is 9.88. The summed E-state index contributed by atoms with van der Waals surface area (Å²) >= 11 is 0. The van der Waals surface area contributed by atoms with Crippen LogP contribution in [0, 0.1) is 35.5 Å².